The number of carbonyl (C=O) groups excluding carboxylic acids is 2. The van der Waals surface area contributed by atoms with Crippen LogP contribution in [0.5, 0.6) is 5.75 Å². The Morgan fingerprint density at radius 3 is 2.53 bits per heavy atom. The molecule has 3 aromatic carbocycles. The quantitative estimate of drug-likeness (QED) is 0.350. The molecule has 1 heterocycles. The maximum atomic E-state index is 12.9. The Morgan fingerprint density at radius 1 is 0.938 bits per heavy atom. The molecular weight excluding hydrogens is 465 g/mol. The predicted molar refractivity (Wildman–Crippen MR) is 130 cm³/mol. The number of hydrogen-bond donors (Lipinski definition) is 0. The summed E-state index contributed by atoms with van der Waals surface area (Å²) in [7, 11) is 0. The third kappa shape index (κ3) is 5.18. The molecule has 0 aliphatic carbocycles. The molecule has 0 spiro atoms. The van der Waals surface area contributed by atoms with Gasteiger partial charge in [0.15, 0.2) is 0 Å². The van der Waals surface area contributed by atoms with Crippen LogP contribution in [0.1, 0.15) is 22.3 Å². The lowest BCUT2D eigenvalue weighted by atomic mass is 10.1. The summed E-state index contributed by atoms with van der Waals surface area (Å²) in [5.41, 5.74) is 3.68. The van der Waals surface area contributed by atoms with Crippen LogP contribution in [-0.2, 0) is 17.9 Å². The van der Waals surface area contributed by atoms with Crippen LogP contribution in [-0.4, -0.2) is 16.0 Å². The van der Waals surface area contributed by atoms with Gasteiger partial charge in [0.25, 0.3) is 11.1 Å². The fourth-order valence-electron chi connectivity index (χ4n) is 3.29. The van der Waals surface area contributed by atoms with Crippen molar-refractivity contribution in [3.63, 3.8) is 0 Å². The number of para-hydroxylation sites is 1. The zero-order chi connectivity index (χ0) is 22.7. The first kappa shape index (κ1) is 22.5. The van der Waals surface area contributed by atoms with E-state index in [2.05, 4.69) is 6.07 Å². The minimum Gasteiger partial charge on any atom is -0.488 e. The molecule has 4 nitrogen and oxygen atoms in total. The van der Waals surface area contributed by atoms with Crippen LogP contribution < -0.4 is 4.74 Å². The molecule has 1 aliphatic rings. The number of ether oxygens (including phenoxy) is 1. The van der Waals surface area contributed by atoms with Crippen LogP contribution in [0.2, 0.25) is 10.0 Å². The highest BCUT2D eigenvalue weighted by Crippen LogP contribution is 2.35. The Labute approximate surface area is 200 Å². The smallest absolute Gasteiger partial charge is 0.293 e. The van der Waals surface area contributed by atoms with Crippen molar-refractivity contribution >= 4 is 52.2 Å². The summed E-state index contributed by atoms with van der Waals surface area (Å²) in [6.45, 7) is 2.57. The number of aryl methyl sites for hydroxylation is 1. The molecule has 0 N–H and O–H groups in total. The topological polar surface area (TPSA) is 46.6 Å². The van der Waals surface area contributed by atoms with Gasteiger partial charge in [0.05, 0.1) is 21.5 Å². The van der Waals surface area contributed by atoms with Crippen LogP contribution >= 0.6 is 35.0 Å². The summed E-state index contributed by atoms with van der Waals surface area (Å²) in [5.74, 6) is 0.296. The van der Waals surface area contributed by atoms with Crippen molar-refractivity contribution in [3.8, 4) is 5.75 Å². The lowest BCUT2D eigenvalue weighted by Crippen LogP contribution is -2.27. The molecule has 2 amide bonds. The molecule has 0 aromatic heterocycles. The van der Waals surface area contributed by atoms with Gasteiger partial charge >= 0.3 is 0 Å². The second-order valence-electron chi connectivity index (χ2n) is 7.33. The number of benzene rings is 3. The summed E-state index contributed by atoms with van der Waals surface area (Å²) in [5, 5.41) is 0.476. The highest BCUT2D eigenvalue weighted by molar-refractivity contribution is 8.18. The summed E-state index contributed by atoms with van der Waals surface area (Å²) in [6, 6.07) is 20.6. The molecule has 7 heteroatoms. The van der Waals surface area contributed by atoms with Gasteiger partial charge in [-0.15, -0.1) is 0 Å². The molecular formula is C25H19Cl2NO3S. The summed E-state index contributed by atoms with van der Waals surface area (Å²) < 4.78 is 6.01. The third-order valence-corrected chi connectivity index (χ3v) is 6.53. The van der Waals surface area contributed by atoms with Crippen molar-refractivity contribution in [3.05, 3.63) is 104 Å². The SMILES string of the molecule is Cc1cccc(COc2ccccc2/C=C2/SC(=O)N(Cc3ccc(Cl)c(Cl)c3)C2=O)c1. The molecule has 1 aliphatic heterocycles. The second kappa shape index (κ2) is 9.82. The number of thioether (sulfide) groups is 1. The van der Waals surface area contributed by atoms with Crippen molar-refractivity contribution in [2.75, 3.05) is 0 Å². The highest BCUT2D eigenvalue weighted by atomic mass is 35.5. The Morgan fingerprint density at radius 2 is 1.75 bits per heavy atom. The van der Waals surface area contributed by atoms with E-state index in [4.69, 9.17) is 27.9 Å². The number of nitrogens with zero attached hydrogens (tertiary/aromatic N) is 1. The Hall–Kier alpha value is -2.73. The lowest BCUT2D eigenvalue weighted by molar-refractivity contribution is -0.123. The minimum absolute atomic E-state index is 0.129. The van der Waals surface area contributed by atoms with Crippen molar-refractivity contribution in [2.45, 2.75) is 20.1 Å². The minimum atomic E-state index is -0.348. The first-order valence-electron chi connectivity index (χ1n) is 9.87. The fourth-order valence-corrected chi connectivity index (χ4v) is 4.44. The van der Waals surface area contributed by atoms with Crippen molar-refractivity contribution in [2.24, 2.45) is 0 Å². The molecule has 0 bridgehead atoms. The number of halogens is 2. The van der Waals surface area contributed by atoms with Gasteiger partial charge in [0.2, 0.25) is 0 Å². The molecule has 1 saturated heterocycles. The second-order valence-corrected chi connectivity index (χ2v) is 9.14. The number of imide groups is 1. The van der Waals surface area contributed by atoms with Gasteiger partial charge < -0.3 is 4.74 Å². The lowest BCUT2D eigenvalue weighted by Gasteiger charge is -2.13. The molecule has 0 saturated carbocycles. The monoisotopic (exact) mass is 483 g/mol. The molecule has 3 aromatic rings. The Bertz CT molecular complexity index is 1230. The summed E-state index contributed by atoms with van der Waals surface area (Å²) >= 11 is 12.9. The molecule has 0 radical (unpaired) electrons. The van der Waals surface area contributed by atoms with E-state index in [0.717, 1.165) is 34.0 Å². The van der Waals surface area contributed by atoms with Crippen LogP contribution in [0.3, 0.4) is 0 Å². The van der Waals surface area contributed by atoms with E-state index in [0.29, 0.717) is 27.3 Å². The van der Waals surface area contributed by atoms with Gasteiger partial charge in [-0.05, 0) is 54.1 Å². The average Bonchev–Trinajstić information content (AvgIpc) is 3.03. The van der Waals surface area contributed by atoms with E-state index in [-0.39, 0.29) is 17.7 Å². The summed E-state index contributed by atoms with van der Waals surface area (Å²) in [4.78, 5) is 27.0. The van der Waals surface area contributed by atoms with Gasteiger partial charge in [-0.2, -0.15) is 0 Å². The first-order valence-corrected chi connectivity index (χ1v) is 11.4. The van der Waals surface area contributed by atoms with Gasteiger partial charge in [-0.25, -0.2) is 0 Å². The van der Waals surface area contributed by atoms with Gasteiger partial charge in [-0.1, -0.05) is 77.3 Å². The normalized spacial score (nSPS) is 15.0. The van der Waals surface area contributed by atoms with E-state index >= 15 is 0 Å². The van der Waals surface area contributed by atoms with E-state index < -0.39 is 0 Å². The van der Waals surface area contributed by atoms with Gasteiger partial charge in [0.1, 0.15) is 12.4 Å². The Kier molecular flexibility index (Phi) is 6.89. The molecule has 0 atom stereocenters. The van der Waals surface area contributed by atoms with Crippen LogP contribution in [0.15, 0.2) is 71.6 Å². The molecule has 1 fully saturated rings. The number of carbonyl (C=O) groups is 2. The van der Waals surface area contributed by atoms with Gasteiger partial charge in [-0.3, -0.25) is 14.5 Å². The van der Waals surface area contributed by atoms with Crippen molar-refractivity contribution in [1.29, 1.82) is 0 Å². The fraction of sp³-hybridized carbons (Fsp3) is 0.120. The standard InChI is InChI=1S/C25H19Cl2NO3S/c1-16-5-4-6-18(11-16)15-31-22-8-3-2-7-19(22)13-23-24(29)28(25(30)32-23)14-17-9-10-20(26)21(27)12-17/h2-13H,14-15H2,1H3/b23-13+. The van der Waals surface area contributed by atoms with Crippen molar-refractivity contribution < 1.29 is 14.3 Å². The molecule has 0 unspecified atom stereocenters. The first-order chi connectivity index (χ1) is 15.4. The molecule has 162 valence electrons. The number of amides is 2. The summed E-state index contributed by atoms with van der Waals surface area (Å²) in [6.07, 6.45) is 1.70. The van der Waals surface area contributed by atoms with E-state index in [9.17, 15) is 9.59 Å². The maximum Gasteiger partial charge on any atom is 0.293 e. The molecule has 4 rings (SSSR count). The molecule has 32 heavy (non-hydrogen) atoms. The number of hydrogen-bond acceptors (Lipinski definition) is 4. The third-order valence-electron chi connectivity index (χ3n) is 4.88. The average molecular weight is 484 g/mol. The van der Waals surface area contributed by atoms with E-state index in [1.165, 1.54) is 4.90 Å². The van der Waals surface area contributed by atoms with E-state index in [1.54, 1.807) is 24.3 Å². The van der Waals surface area contributed by atoms with Crippen molar-refractivity contribution in [1.82, 2.24) is 4.90 Å². The number of rotatable bonds is 6. The Balaban J connectivity index is 1.52. The predicted octanol–water partition coefficient (Wildman–Crippen LogP) is 7.12. The zero-order valence-corrected chi connectivity index (χ0v) is 19.5. The highest BCUT2D eigenvalue weighted by Gasteiger charge is 2.35. The van der Waals surface area contributed by atoms with Crippen LogP contribution in [0.25, 0.3) is 6.08 Å². The van der Waals surface area contributed by atoms with Crippen LogP contribution in [0.4, 0.5) is 4.79 Å². The van der Waals surface area contributed by atoms with E-state index in [1.807, 2.05) is 49.4 Å². The van der Waals surface area contributed by atoms with Crippen LogP contribution in [0, 0.1) is 6.92 Å². The zero-order valence-electron chi connectivity index (χ0n) is 17.2. The van der Waals surface area contributed by atoms with Gasteiger partial charge in [0, 0.05) is 5.56 Å². The maximum absolute atomic E-state index is 12.9. The largest absolute Gasteiger partial charge is 0.488 e.